The summed E-state index contributed by atoms with van der Waals surface area (Å²) in [6.45, 7) is 0.919. The number of halogens is 1. The van der Waals surface area contributed by atoms with Gasteiger partial charge in [-0.1, -0.05) is 46.3 Å². The summed E-state index contributed by atoms with van der Waals surface area (Å²) in [4.78, 5) is 0. The van der Waals surface area contributed by atoms with Crippen LogP contribution in [0.25, 0.3) is 0 Å². The summed E-state index contributed by atoms with van der Waals surface area (Å²) in [6, 6.07) is 12.5. The molecule has 15 heavy (non-hydrogen) atoms. The number of aromatic nitrogens is 2. The van der Waals surface area contributed by atoms with Gasteiger partial charge in [0.25, 0.3) is 0 Å². The van der Waals surface area contributed by atoms with Crippen LogP contribution in [0.4, 0.5) is 0 Å². The Labute approximate surface area is 98.1 Å². The smallest absolute Gasteiger partial charge is 0.0489 e. The van der Waals surface area contributed by atoms with Crippen molar-refractivity contribution in [2.45, 2.75) is 12.5 Å². The zero-order chi connectivity index (χ0) is 10.5. The Morgan fingerprint density at radius 2 is 2.00 bits per heavy atom. The highest BCUT2D eigenvalue weighted by Gasteiger charge is 2.10. The second-order valence-corrected chi connectivity index (χ2v) is 4.14. The number of rotatable bonds is 4. The van der Waals surface area contributed by atoms with Gasteiger partial charge < -0.3 is 0 Å². The lowest BCUT2D eigenvalue weighted by atomic mass is 10.0. The zero-order valence-corrected chi connectivity index (χ0v) is 9.97. The topological polar surface area (TPSA) is 17.8 Å². The summed E-state index contributed by atoms with van der Waals surface area (Å²) in [7, 11) is 0. The van der Waals surface area contributed by atoms with Crippen molar-refractivity contribution in [2.75, 3.05) is 5.33 Å². The van der Waals surface area contributed by atoms with Gasteiger partial charge in [-0.15, -0.1) is 0 Å². The molecule has 0 spiro atoms. The molecule has 0 saturated heterocycles. The minimum absolute atomic E-state index is 0.478. The number of benzene rings is 1. The van der Waals surface area contributed by atoms with Gasteiger partial charge in [-0.05, 0) is 11.6 Å². The maximum Gasteiger partial charge on any atom is 0.0489 e. The molecule has 0 amide bonds. The van der Waals surface area contributed by atoms with Crippen LogP contribution in [0.3, 0.4) is 0 Å². The molecule has 2 aromatic rings. The first-order valence-electron chi connectivity index (χ1n) is 4.98. The van der Waals surface area contributed by atoms with Crippen LogP contribution in [0.2, 0.25) is 0 Å². The van der Waals surface area contributed by atoms with Crippen LogP contribution >= 0.6 is 15.9 Å². The molecule has 0 fully saturated rings. The molecule has 0 N–H and O–H groups in total. The quantitative estimate of drug-likeness (QED) is 0.777. The molecular weight excluding hydrogens is 252 g/mol. The maximum absolute atomic E-state index is 4.23. The lowest BCUT2D eigenvalue weighted by Crippen LogP contribution is -2.10. The lowest BCUT2D eigenvalue weighted by Gasteiger charge is -2.14. The first-order chi connectivity index (χ1) is 7.40. The molecule has 1 heterocycles. The van der Waals surface area contributed by atoms with Gasteiger partial charge in [0.15, 0.2) is 0 Å². The number of alkyl halides is 1. The van der Waals surface area contributed by atoms with E-state index in [-0.39, 0.29) is 0 Å². The van der Waals surface area contributed by atoms with Crippen molar-refractivity contribution in [3.63, 3.8) is 0 Å². The minimum Gasteiger partial charge on any atom is -0.272 e. The van der Waals surface area contributed by atoms with Gasteiger partial charge >= 0.3 is 0 Å². The molecule has 0 aliphatic carbocycles. The van der Waals surface area contributed by atoms with Gasteiger partial charge in [0.05, 0.1) is 0 Å². The van der Waals surface area contributed by atoms with Gasteiger partial charge in [0, 0.05) is 30.2 Å². The van der Waals surface area contributed by atoms with Crippen molar-refractivity contribution in [3.05, 3.63) is 54.4 Å². The second-order valence-electron chi connectivity index (χ2n) is 3.49. The summed E-state index contributed by atoms with van der Waals surface area (Å²) in [6.07, 6.45) is 3.81. The molecule has 1 aromatic heterocycles. The molecule has 3 heteroatoms. The second kappa shape index (κ2) is 5.12. The Morgan fingerprint density at radius 1 is 1.20 bits per heavy atom. The van der Waals surface area contributed by atoms with Crippen molar-refractivity contribution in [1.29, 1.82) is 0 Å². The number of nitrogens with zero attached hydrogens (tertiary/aromatic N) is 2. The third-order valence-electron chi connectivity index (χ3n) is 2.42. The first kappa shape index (κ1) is 10.4. The van der Waals surface area contributed by atoms with E-state index < -0.39 is 0 Å². The maximum atomic E-state index is 4.23. The van der Waals surface area contributed by atoms with Crippen LogP contribution < -0.4 is 0 Å². The van der Waals surface area contributed by atoms with Crippen LogP contribution in [-0.4, -0.2) is 15.1 Å². The summed E-state index contributed by atoms with van der Waals surface area (Å²) >= 11 is 3.56. The van der Waals surface area contributed by atoms with E-state index in [0.717, 1.165) is 11.9 Å². The highest BCUT2D eigenvalue weighted by molar-refractivity contribution is 9.09. The van der Waals surface area contributed by atoms with Crippen molar-refractivity contribution < 1.29 is 0 Å². The van der Waals surface area contributed by atoms with Crippen molar-refractivity contribution in [1.82, 2.24) is 9.78 Å². The molecule has 0 saturated carbocycles. The lowest BCUT2D eigenvalue weighted by molar-refractivity contribution is 0.550. The fourth-order valence-electron chi connectivity index (χ4n) is 1.60. The van der Waals surface area contributed by atoms with Crippen LogP contribution in [0.5, 0.6) is 0 Å². The molecule has 0 aliphatic rings. The fourth-order valence-corrected chi connectivity index (χ4v) is 2.18. The predicted molar refractivity (Wildman–Crippen MR) is 65.2 cm³/mol. The van der Waals surface area contributed by atoms with Crippen molar-refractivity contribution >= 4 is 15.9 Å². The molecule has 1 unspecified atom stereocenters. The van der Waals surface area contributed by atoms with E-state index in [4.69, 9.17) is 0 Å². The molecule has 1 atom stereocenters. The van der Waals surface area contributed by atoms with Gasteiger partial charge in [-0.25, -0.2) is 0 Å². The standard InChI is InChI=1S/C12H13BrN2/c13-9-12(10-15-8-4-7-14-15)11-5-2-1-3-6-11/h1-8,12H,9-10H2. The minimum atomic E-state index is 0.478. The van der Waals surface area contributed by atoms with Crippen LogP contribution in [0.15, 0.2) is 48.8 Å². The first-order valence-corrected chi connectivity index (χ1v) is 6.10. The predicted octanol–water partition coefficient (Wildman–Crippen LogP) is 3.06. The van der Waals surface area contributed by atoms with E-state index in [0.29, 0.717) is 5.92 Å². The number of hydrogen-bond donors (Lipinski definition) is 0. The molecule has 0 bridgehead atoms. The zero-order valence-electron chi connectivity index (χ0n) is 8.38. The third kappa shape index (κ3) is 2.69. The van der Waals surface area contributed by atoms with Crippen LogP contribution in [0, 0.1) is 0 Å². The molecule has 2 nitrogen and oxygen atoms in total. The van der Waals surface area contributed by atoms with Gasteiger partial charge in [0.2, 0.25) is 0 Å². The third-order valence-corrected chi connectivity index (χ3v) is 3.21. The normalized spacial score (nSPS) is 12.6. The van der Waals surface area contributed by atoms with Crippen molar-refractivity contribution in [2.24, 2.45) is 0 Å². The Balaban J connectivity index is 2.12. The molecule has 0 aliphatic heterocycles. The summed E-state index contributed by atoms with van der Waals surface area (Å²) < 4.78 is 1.97. The largest absolute Gasteiger partial charge is 0.272 e. The number of hydrogen-bond acceptors (Lipinski definition) is 1. The molecule has 78 valence electrons. The Hall–Kier alpha value is -1.09. The molecule has 1 aromatic carbocycles. The Kier molecular flexibility index (Phi) is 3.56. The van der Waals surface area contributed by atoms with Crippen LogP contribution in [0.1, 0.15) is 11.5 Å². The van der Waals surface area contributed by atoms with E-state index in [1.54, 1.807) is 0 Å². The fraction of sp³-hybridized carbons (Fsp3) is 0.250. The monoisotopic (exact) mass is 264 g/mol. The van der Waals surface area contributed by atoms with E-state index in [1.165, 1.54) is 5.56 Å². The summed E-state index contributed by atoms with van der Waals surface area (Å²) in [5.74, 6) is 0.478. The Morgan fingerprint density at radius 3 is 2.60 bits per heavy atom. The molecule has 0 radical (unpaired) electrons. The van der Waals surface area contributed by atoms with E-state index >= 15 is 0 Å². The SMILES string of the molecule is BrCC(Cn1cccn1)c1ccccc1. The average Bonchev–Trinajstić information content (AvgIpc) is 2.80. The van der Waals surface area contributed by atoms with Crippen LogP contribution in [-0.2, 0) is 6.54 Å². The highest BCUT2D eigenvalue weighted by atomic mass is 79.9. The average molecular weight is 265 g/mol. The summed E-state index contributed by atoms with van der Waals surface area (Å²) in [5, 5.41) is 5.18. The van der Waals surface area contributed by atoms with E-state index in [9.17, 15) is 0 Å². The van der Waals surface area contributed by atoms with Crippen molar-refractivity contribution in [3.8, 4) is 0 Å². The molecular formula is C12H13BrN2. The summed E-state index contributed by atoms with van der Waals surface area (Å²) in [5.41, 5.74) is 1.35. The van der Waals surface area contributed by atoms with Gasteiger partial charge in [-0.2, -0.15) is 5.10 Å². The van der Waals surface area contributed by atoms with Gasteiger partial charge in [-0.3, -0.25) is 4.68 Å². The molecule has 2 rings (SSSR count). The van der Waals surface area contributed by atoms with E-state index in [2.05, 4.69) is 45.3 Å². The van der Waals surface area contributed by atoms with Gasteiger partial charge in [0.1, 0.15) is 0 Å². The highest BCUT2D eigenvalue weighted by Crippen LogP contribution is 2.19. The Bertz CT molecular complexity index is 383. The van der Waals surface area contributed by atoms with E-state index in [1.807, 2.05) is 29.2 Å².